The molecule has 0 unspecified atom stereocenters. The van der Waals surface area contributed by atoms with E-state index in [1.807, 2.05) is 24.3 Å². The van der Waals surface area contributed by atoms with Crippen molar-refractivity contribution in [1.82, 2.24) is 19.9 Å². The normalized spacial score (nSPS) is 12.5. The molecule has 2 aliphatic rings. The van der Waals surface area contributed by atoms with Crippen LogP contribution in [0.5, 0.6) is 0 Å². The van der Waals surface area contributed by atoms with Gasteiger partial charge < -0.3 is 21.0 Å². The number of aromatic amines is 2. The summed E-state index contributed by atoms with van der Waals surface area (Å²) < 4.78 is 0. The lowest BCUT2D eigenvalue weighted by Gasteiger charge is -2.10. The van der Waals surface area contributed by atoms with Crippen LogP contribution < -0.4 is 11.1 Å². The fourth-order valence-corrected chi connectivity index (χ4v) is 7.56. The molecule has 0 radical (unpaired) electrons. The van der Waals surface area contributed by atoms with Gasteiger partial charge in [0.25, 0.3) is 0 Å². The van der Waals surface area contributed by atoms with E-state index in [-0.39, 0.29) is 5.91 Å². The first-order chi connectivity index (χ1) is 27.7. The molecule has 5 heterocycles. The third-order valence-corrected chi connectivity index (χ3v) is 10.6. The van der Waals surface area contributed by atoms with Crippen LogP contribution in [0.15, 0.2) is 121 Å². The van der Waals surface area contributed by atoms with Crippen molar-refractivity contribution in [3.8, 4) is 44.5 Å². The van der Waals surface area contributed by atoms with Crippen molar-refractivity contribution in [3.05, 3.63) is 161 Å². The van der Waals surface area contributed by atoms with Gasteiger partial charge in [-0.05, 0) is 111 Å². The predicted molar refractivity (Wildman–Crippen MR) is 237 cm³/mol. The van der Waals surface area contributed by atoms with Gasteiger partial charge in [0.05, 0.1) is 28.8 Å². The highest BCUT2D eigenvalue weighted by atomic mass is 16.2. The first kappa shape index (κ1) is 35.6. The smallest absolute Gasteiger partial charge is 0.240 e. The molecule has 0 fully saturated rings. The second-order valence-electron chi connectivity index (χ2n) is 15.0. The van der Waals surface area contributed by atoms with Crippen molar-refractivity contribution >= 4 is 58.0 Å². The van der Waals surface area contributed by atoms with E-state index in [2.05, 4.69) is 157 Å². The summed E-state index contributed by atoms with van der Waals surface area (Å²) in [5.41, 5.74) is 25.3. The van der Waals surface area contributed by atoms with Gasteiger partial charge in [0.1, 0.15) is 0 Å². The largest absolute Gasteiger partial charge is 0.354 e. The minimum atomic E-state index is -0.620. The van der Waals surface area contributed by atoms with Crippen LogP contribution in [0.25, 0.3) is 90.9 Å². The van der Waals surface area contributed by atoms with Gasteiger partial charge in [0.15, 0.2) is 0 Å². The molecular formula is C50H42N6O. The van der Waals surface area contributed by atoms with Crippen molar-refractivity contribution in [2.24, 2.45) is 5.73 Å². The van der Waals surface area contributed by atoms with Gasteiger partial charge in [0.2, 0.25) is 5.91 Å². The molecule has 8 bridgehead atoms. The van der Waals surface area contributed by atoms with Crippen LogP contribution in [-0.4, -0.2) is 31.9 Å². The Morgan fingerprint density at radius 2 is 0.754 bits per heavy atom. The molecule has 0 aliphatic carbocycles. The highest BCUT2D eigenvalue weighted by Crippen LogP contribution is 2.38. The molecule has 4 aromatic carbocycles. The standard InChI is InChI=1S/C50H42N6O/c1-29-5-11-33(12-6-29)46-38-21-23-40(53-38)47(34-13-7-30(2)8-14-34)42-25-27-44(55-42)49(36-17-19-37(20-18-36)52-50(57)32(4)51)45-28-26-43(56-45)48(41-24-22-39(46)54-41)35-15-9-31(3)10-16-35/h5-28,32,53,56H,51H2,1-4H3,(H,52,57)/t32-/m0/s1. The highest BCUT2D eigenvalue weighted by molar-refractivity contribution is 6.00. The predicted octanol–water partition coefficient (Wildman–Crippen LogP) is 11.5. The number of rotatable bonds is 6. The summed E-state index contributed by atoms with van der Waals surface area (Å²) in [4.78, 5) is 30.9. The fraction of sp³-hybridized carbons (Fsp3) is 0.100. The number of hydrogen-bond acceptors (Lipinski definition) is 4. The lowest BCUT2D eigenvalue weighted by Crippen LogP contribution is -2.32. The summed E-state index contributed by atoms with van der Waals surface area (Å²) in [5, 5.41) is 2.91. The molecular weight excluding hydrogens is 701 g/mol. The van der Waals surface area contributed by atoms with Crippen LogP contribution in [0.4, 0.5) is 5.69 Å². The van der Waals surface area contributed by atoms with E-state index in [9.17, 15) is 4.79 Å². The van der Waals surface area contributed by atoms with Gasteiger partial charge in [-0.3, -0.25) is 4.79 Å². The van der Waals surface area contributed by atoms with Crippen molar-refractivity contribution in [2.45, 2.75) is 33.7 Å². The fourth-order valence-electron chi connectivity index (χ4n) is 7.56. The Hall–Kier alpha value is -7.09. The summed E-state index contributed by atoms with van der Waals surface area (Å²) in [6.45, 7) is 7.98. The van der Waals surface area contributed by atoms with Crippen LogP contribution >= 0.6 is 0 Å². The van der Waals surface area contributed by atoms with Crippen LogP contribution in [0, 0.1) is 20.8 Å². The first-order valence-electron chi connectivity index (χ1n) is 19.2. The number of fused-ring (bicyclic) bond motifs is 8. The topological polar surface area (TPSA) is 112 Å². The number of carbonyl (C=O) groups excluding carboxylic acids is 1. The molecule has 278 valence electrons. The Bertz CT molecular complexity index is 2870. The van der Waals surface area contributed by atoms with Crippen LogP contribution in [0.1, 0.15) is 46.4 Å². The number of aryl methyl sites for hydroxylation is 3. The Morgan fingerprint density at radius 1 is 0.474 bits per heavy atom. The van der Waals surface area contributed by atoms with Crippen LogP contribution in [-0.2, 0) is 4.79 Å². The monoisotopic (exact) mass is 742 g/mol. The van der Waals surface area contributed by atoms with E-state index in [1.54, 1.807) is 6.92 Å². The van der Waals surface area contributed by atoms with E-state index in [0.717, 1.165) is 89.4 Å². The molecule has 7 aromatic rings. The highest BCUT2D eigenvalue weighted by Gasteiger charge is 2.19. The molecule has 0 spiro atoms. The van der Waals surface area contributed by atoms with Crippen molar-refractivity contribution in [3.63, 3.8) is 0 Å². The first-order valence-corrected chi connectivity index (χ1v) is 19.2. The molecule has 1 amide bonds. The number of aromatic nitrogens is 4. The number of nitrogens with zero attached hydrogens (tertiary/aromatic N) is 2. The molecule has 2 aliphatic heterocycles. The van der Waals surface area contributed by atoms with Gasteiger partial charge in [-0.2, -0.15) is 0 Å². The van der Waals surface area contributed by atoms with Gasteiger partial charge in [0, 0.05) is 50.0 Å². The van der Waals surface area contributed by atoms with Gasteiger partial charge >= 0.3 is 0 Å². The maximum Gasteiger partial charge on any atom is 0.240 e. The Balaban J connectivity index is 1.40. The molecule has 1 atom stereocenters. The SMILES string of the molecule is Cc1ccc(-c2c3nc(c(-c4ccc(C)cc4)c4ccc([nH]4)c(-c4ccc(NC(=O)[C@H](C)N)cc4)c4nc(c(-c5ccc(C)cc5)c5ccc2[nH]5)C=C4)C=C3)cc1. The zero-order chi connectivity index (χ0) is 39.2. The number of H-pyrrole nitrogens is 2. The van der Waals surface area contributed by atoms with E-state index in [4.69, 9.17) is 15.7 Å². The molecule has 0 saturated heterocycles. The molecule has 0 saturated carbocycles. The zero-order valence-corrected chi connectivity index (χ0v) is 32.3. The van der Waals surface area contributed by atoms with Gasteiger partial charge in [-0.1, -0.05) is 102 Å². The average molecular weight is 743 g/mol. The third kappa shape index (κ3) is 6.90. The maximum absolute atomic E-state index is 12.4. The van der Waals surface area contributed by atoms with E-state index in [0.29, 0.717) is 5.69 Å². The molecule has 3 aromatic heterocycles. The van der Waals surface area contributed by atoms with Crippen LogP contribution in [0.3, 0.4) is 0 Å². The quantitative estimate of drug-likeness (QED) is 0.136. The lowest BCUT2D eigenvalue weighted by atomic mass is 10.0. The molecule has 7 nitrogen and oxygen atoms in total. The molecule has 7 heteroatoms. The summed E-state index contributed by atoms with van der Waals surface area (Å²) in [6, 6.07) is 41.6. The average Bonchev–Trinajstić information content (AvgIpc) is 4.05. The minimum absolute atomic E-state index is 0.241. The van der Waals surface area contributed by atoms with E-state index < -0.39 is 6.04 Å². The van der Waals surface area contributed by atoms with Crippen LogP contribution in [0.2, 0.25) is 0 Å². The molecule has 57 heavy (non-hydrogen) atoms. The number of anilines is 1. The van der Waals surface area contributed by atoms with Gasteiger partial charge in [-0.25, -0.2) is 9.97 Å². The summed E-state index contributed by atoms with van der Waals surface area (Å²) in [6.07, 6.45) is 8.44. The maximum atomic E-state index is 12.4. The summed E-state index contributed by atoms with van der Waals surface area (Å²) in [5.74, 6) is -0.241. The minimum Gasteiger partial charge on any atom is -0.354 e. The third-order valence-electron chi connectivity index (χ3n) is 10.6. The summed E-state index contributed by atoms with van der Waals surface area (Å²) >= 11 is 0. The number of carbonyl (C=O) groups is 1. The molecule has 9 rings (SSSR count). The zero-order valence-electron chi connectivity index (χ0n) is 32.3. The summed E-state index contributed by atoms with van der Waals surface area (Å²) in [7, 11) is 0. The Kier molecular flexibility index (Phi) is 9.07. The van der Waals surface area contributed by atoms with Gasteiger partial charge in [-0.15, -0.1) is 0 Å². The van der Waals surface area contributed by atoms with E-state index in [1.165, 1.54) is 16.7 Å². The number of nitrogens with two attached hydrogens (primary N) is 1. The number of amides is 1. The second-order valence-corrected chi connectivity index (χ2v) is 15.0. The van der Waals surface area contributed by atoms with E-state index >= 15 is 0 Å². The Morgan fingerprint density at radius 3 is 1.04 bits per heavy atom. The lowest BCUT2D eigenvalue weighted by molar-refractivity contribution is -0.117. The Labute approximate surface area is 331 Å². The van der Waals surface area contributed by atoms with Crippen molar-refractivity contribution in [1.29, 1.82) is 0 Å². The molecule has 5 N–H and O–H groups in total. The number of nitrogens with one attached hydrogen (secondary N) is 3. The second kappa shape index (κ2) is 14.5. The van der Waals surface area contributed by atoms with Crippen molar-refractivity contribution < 1.29 is 4.79 Å². The number of benzene rings is 4. The van der Waals surface area contributed by atoms with Crippen molar-refractivity contribution in [2.75, 3.05) is 5.32 Å². The number of hydrogen-bond donors (Lipinski definition) is 4.